The van der Waals surface area contributed by atoms with Crippen LogP contribution < -0.4 is 20.2 Å². The maximum Gasteiger partial charge on any atom is 0.460 e. The minimum absolute atomic E-state index is 0.0563. The summed E-state index contributed by atoms with van der Waals surface area (Å²) in [5, 5.41) is 33.8. The van der Waals surface area contributed by atoms with Gasteiger partial charge in [0.15, 0.2) is 5.52 Å². The first-order valence-corrected chi connectivity index (χ1v) is 8.80. The minimum atomic E-state index is -0.337. The molecule has 1 aliphatic rings. The van der Waals surface area contributed by atoms with Gasteiger partial charge in [0, 0.05) is 15.4 Å². The molecule has 0 radical (unpaired) electrons. The van der Waals surface area contributed by atoms with Crippen molar-refractivity contribution in [1.29, 1.82) is 0 Å². The molecule has 25 heavy (non-hydrogen) atoms. The van der Waals surface area contributed by atoms with Crippen molar-refractivity contribution in [1.82, 2.24) is 10.4 Å². The van der Waals surface area contributed by atoms with Crippen molar-refractivity contribution in [3.05, 3.63) is 33.1 Å². The third-order valence-corrected chi connectivity index (χ3v) is 4.43. The predicted octanol–water partition coefficient (Wildman–Crippen LogP) is 0.361. The van der Waals surface area contributed by atoms with Crippen molar-refractivity contribution in [3.8, 4) is 0 Å². The fourth-order valence-electron chi connectivity index (χ4n) is 2.66. The van der Waals surface area contributed by atoms with E-state index in [1.807, 2.05) is 0 Å². The molecule has 10 heteroatoms. The maximum atomic E-state index is 12.3. The number of benzene rings is 1. The van der Waals surface area contributed by atoms with E-state index in [-0.39, 0.29) is 42.0 Å². The van der Waals surface area contributed by atoms with Crippen molar-refractivity contribution in [2.24, 2.45) is 0 Å². The highest BCUT2D eigenvalue weighted by Gasteiger charge is 2.21. The highest BCUT2D eigenvalue weighted by molar-refractivity contribution is 9.10. The number of carbonyl (C=O) groups excluding carboxylic acids is 1. The summed E-state index contributed by atoms with van der Waals surface area (Å²) >= 11 is 3.25. The van der Waals surface area contributed by atoms with E-state index in [1.165, 1.54) is 12.1 Å². The van der Waals surface area contributed by atoms with Crippen LogP contribution >= 0.6 is 15.9 Å². The van der Waals surface area contributed by atoms with Crippen LogP contribution in [0.2, 0.25) is 0 Å². The van der Waals surface area contributed by atoms with Crippen molar-refractivity contribution in [2.75, 3.05) is 25.0 Å². The Morgan fingerprint density at radius 2 is 2.12 bits per heavy atom. The number of piperidine rings is 1. The standard InChI is InChI=1S/C15H18BrN5O4/c16-10-1-2-12-13(9-10)21(24)19-15(20(12)23)18-8-5-14(22)25-11-3-6-17-7-4-11/h1-2,9,11,17H,3-8H2,(H,18,19). The number of fused-ring (bicyclic) bond motifs is 1. The Hall–Kier alpha value is -2.20. The average Bonchev–Trinajstić information content (AvgIpc) is 2.60. The highest BCUT2D eigenvalue weighted by Crippen LogP contribution is 2.14. The molecule has 1 aromatic heterocycles. The van der Waals surface area contributed by atoms with E-state index < -0.39 is 0 Å². The van der Waals surface area contributed by atoms with Crippen LogP contribution in [-0.4, -0.2) is 36.8 Å². The number of hydrogen-bond donors (Lipinski definition) is 2. The van der Waals surface area contributed by atoms with Crippen LogP contribution in [-0.2, 0) is 9.53 Å². The summed E-state index contributed by atoms with van der Waals surface area (Å²) in [6.45, 7) is 1.83. The fraction of sp³-hybridized carbons (Fsp3) is 0.467. The topological polar surface area (TPSA) is 117 Å². The Kier molecular flexibility index (Phi) is 5.49. The molecule has 134 valence electrons. The van der Waals surface area contributed by atoms with Gasteiger partial charge in [0.25, 0.3) is 0 Å². The Morgan fingerprint density at radius 1 is 1.36 bits per heavy atom. The lowest BCUT2D eigenvalue weighted by atomic mass is 10.1. The van der Waals surface area contributed by atoms with E-state index in [2.05, 4.69) is 31.7 Å². The van der Waals surface area contributed by atoms with Gasteiger partial charge in [-0.2, -0.15) is 0 Å². The van der Waals surface area contributed by atoms with Crippen LogP contribution in [0.3, 0.4) is 0 Å². The zero-order chi connectivity index (χ0) is 17.8. The van der Waals surface area contributed by atoms with E-state index in [1.54, 1.807) is 6.07 Å². The van der Waals surface area contributed by atoms with Crippen molar-refractivity contribution >= 4 is 38.9 Å². The Labute approximate surface area is 152 Å². The number of rotatable bonds is 5. The first-order chi connectivity index (χ1) is 12.0. The lowest BCUT2D eigenvalue weighted by Crippen LogP contribution is -2.44. The maximum absolute atomic E-state index is 12.3. The summed E-state index contributed by atoms with van der Waals surface area (Å²) < 4.78 is 6.58. The first kappa shape index (κ1) is 17.6. The van der Waals surface area contributed by atoms with Crippen LogP contribution in [0.1, 0.15) is 19.3 Å². The van der Waals surface area contributed by atoms with Crippen LogP contribution in [0.5, 0.6) is 0 Å². The Bertz CT molecular complexity index is 782. The fourth-order valence-corrected chi connectivity index (χ4v) is 3.01. The number of aromatic nitrogens is 3. The smallest absolute Gasteiger partial charge is 0.460 e. The molecule has 2 heterocycles. The molecular formula is C15H18BrN5O4. The van der Waals surface area contributed by atoms with E-state index >= 15 is 0 Å². The molecular weight excluding hydrogens is 394 g/mol. The zero-order valence-electron chi connectivity index (χ0n) is 13.4. The van der Waals surface area contributed by atoms with Crippen LogP contribution in [0.25, 0.3) is 11.0 Å². The van der Waals surface area contributed by atoms with E-state index in [9.17, 15) is 15.2 Å². The average molecular weight is 412 g/mol. The van der Waals surface area contributed by atoms with Crippen LogP contribution in [0, 0.1) is 10.4 Å². The normalized spacial score (nSPS) is 15.2. The second kappa shape index (κ2) is 7.79. The zero-order valence-corrected chi connectivity index (χ0v) is 15.0. The number of anilines is 1. The van der Waals surface area contributed by atoms with Crippen molar-refractivity contribution in [3.63, 3.8) is 0 Å². The number of carbonyl (C=O) groups is 1. The Balaban J connectivity index is 1.60. The third-order valence-electron chi connectivity index (χ3n) is 3.94. The Morgan fingerprint density at radius 3 is 2.88 bits per heavy atom. The molecule has 0 amide bonds. The number of halogens is 1. The van der Waals surface area contributed by atoms with Gasteiger partial charge in [0.05, 0.1) is 13.0 Å². The predicted molar refractivity (Wildman–Crippen MR) is 92.5 cm³/mol. The molecule has 1 saturated heterocycles. The molecule has 0 saturated carbocycles. The largest absolute Gasteiger partial charge is 0.739 e. The molecule has 9 nitrogen and oxygen atoms in total. The molecule has 2 aromatic rings. The van der Waals surface area contributed by atoms with Gasteiger partial charge in [-0.25, -0.2) is 4.73 Å². The quantitative estimate of drug-likeness (QED) is 0.414. The van der Waals surface area contributed by atoms with Gasteiger partial charge >= 0.3 is 17.4 Å². The summed E-state index contributed by atoms with van der Waals surface area (Å²) in [5.41, 5.74) is 0.341. The SMILES string of the molecule is O=C(CCNc1n[n+]([O-])c2cc(Br)ccc2[n+]1[O-])OC1CCNCC1. The van der Waals surface area contributed by atoms with Crippen LogP contribution in [0.15, 0.2) is 22.7 Å². The summed E-state index contributed by atoms with van der Waals surface area (Å²) in [6.07, 6.45) is 1.64. The first-order valence-electron chi connectivity index (χ1n) is 8.01. The number of ether oxygens (including phenoxy) is 1. The molecule has 2 N–H and O–H groups in total. The molecule has 0 bridgehead atoms. The molecule has 1 fully saturated rings. The molecule has 0 spiro atoms. The molecule has 0 unspecified atom stereocenters. The van der Waals surface area contributed by atoms with Gasteiger partial charge in [-0.15, -0.1) is 0 Å². The van der Waals surface area contributed by atoms with Gasteiger partial charge in [-0.3, -0.25) is 10.1 Å². The van der Waals surface area contributed by atoms with Gasteiger partial charge in [-0.1, -0.05) is 15.9 Å². The molecule has 0 atom stereocenters. The molecule has 0 aliphatic carbocycles. The number of nitrogens with one attached hydrogen (secondary N) is 2. The number of nitrogens with zero attached hydrogens (tertiary/aromatic N) is 3. The summed E-state index contributed by atoms with van der Waals surface area (Å²) in [4.78, 5) is 12.2. The minimum Gasteiger partial charge on any atom is -0.739 e. The van der Waals surface area contributed by atoms with E-state index in [4.69, 9.17) is 4.74 Å². The van der Waals surface area contributed by atoms with Gasteiger partial charge in [0.1, 0.15) is 6.10 Å². The highest BCUT2D eigenvalue weighted by atomic mass is 79.9. The van der Waals surface area contributed by atoms with Gasteiger partial charge in [-0.05, 0) is 38.1 Å². The monoisotopic (exact) mass is 411 g/mol. The summed E-state index contributed by atoms with van der Waals surface area (Å²) in [6, 6.07) is 4.71. The van der Waals surface area contributed by atoms with Crippen molar-refractivity contribution < 1.29 is 19.1 Å². The lowest BCUT2D eigenvalue weighted by molar-refractivity contribution is -0.672. The van der Waals surface area contributed by atoms with Gasteiger partial charge < -0.3 is 20.5 Å². The molecule has 1 aliphatic heterocycles. The molecule has 1 aromatic carbocycles. The number of esters is 1. The summed E-state index contributed by atoms with van der Waals surface area (Å²) in [7, 11) is 0. The third kappa shape index (κ3) is 4.26. The summed E-state index contributed by atoms with van der Waals surface area (Å²) in [5.74, 6) is -0.490. The second-order valence-electron chi connectivity index (χ2n) is 5.74. The number of hydrogen-bond acceptors (Lipinski definition) is 7. The van der Waals surface area contributed by atoms with E-state index in [0.717, 1.165) is 25.9 Å². The van der Waals surface area contributed by atoms with Crippen molar-refractivity contribution in [2.45, 2.75) is 25.4 Å². The van der Waals surface area contributed by atoms with E-state index in [0.29, 0.717) is 14.0 Å². The second-order valence-corrected chi connectivity index (χ2v) is 6.66. The van der Waals surface area contributed by atoms with Crippen LogP contribution in [0.4, 0.5) is 5.95 Å². The van der Waals surface area contributed by atoms with Gasteiger partial charge in [0.2, 0.25) is 5.10 Å². The molecule has 3 rings (SSSR count). The lowest BCUT2D eigenvalue weighted by Gasteiger charge is -2.22.